The second-order valence-corrected chi connectivity index (χ2v) is 4.70. The van der Waals surface area contributed by atoms with E-state index in [0.29, 0.717) is 24.5 Å². The van der Waals surface area contributed by atoms with Crippen LogP contribution in [0.3, 0.4) is 0 Å². The highest BCUT2D eigenvalue weighted by atomic mass is 19.2. The van der Waals surface area contributed by atoms with Crippen LogP contribution in [0, 0.1) is 17.6 Å². The first-order valence-electron chi connectivity index (χ1n) is 6.52. The van der Waals surface area contributed by atoms with Crippen LogP contribution in [-0.2, 0) is 6.42 Å². The lowest BCUT2D eigenvalue weighted by Gasteiger charge is -2.23. The molecule has 0 aromatic heterocycles. The van der Waals surface area contributed by atoms with Crippen molar-refractivity contribution in [1.82, 2.24) is 5.32 Å². The standard InChI is InChI=1S/C14H19F2NO/c1-2-18-12-6-5-11(13(15)14(12)16)8-10-4-3-7-17-9-10/h5-6,10,17H,2-4,7-9H2,1H3. The first-order valence-corrected chi connectivity index (χ1v) is 6.52. The molecule has 1 unspecified atom stereocenters. The molecule has 0 bridgehead atoms. The van der Waals surface area contributed by atoms with Gasteiger partial charge in [0.25, 0.3) is 0 Å². The van der Waals surface area contributed by atoms with Crippen LogP contribution in [0.2, 0.25) is 0 Å². The lowest BCUT2D eigenvalue weighted by atomic mass is 9.92. The van der Waals surface area contributed by atoms with Crippen LogP contribution in [0.15, 0.2) is 12.1 Å². The first-order chi connectivity index (χ1) is 8.72. The van der Waals surface area contributed by atoms with Gasteiger partial charge in [0, 0.05) is 0 Å². The minimum Gasteiger partial charge on any atom is -0.491 e. The van der Waals surface area contributed by atoms with Crippen molar-refractivity contribution in [3.8, 4) is 5.75 Å². The molecule has 1 saturated heterocycles. The van der Waals surface area contributed by atoms with E-state index in [4.69, 9.17) is 4.74 Å². The van der Waals surface area contributed by atoms with Gasteiger partial charge < -0.3 is 10.1 Å². The number of hydrogen-bond acceptors (Lipinski definition) is 2. The number of nitrogens with one attached hydrogen (secondary N) is 1. The van der Waals surface area contributed by atoms with Gasteiger partial charge in [0.15, 0.2) is 11.6 Å². The Morgan fingerprint density at radius 1 is 1.33 bits per heavy atom. The van der Waals surface area contributed by atoms with Crippen molar-refractivity contribution in [2.24, 2.45) is 5.92 Å². The monoisotopic (exact) mass is 255 g/mol. The highest BCUT2D eigenvalue weighted by molar-refractivity contribution is 5.31. The summed E-state index contributed by atoms with van der Waals surface area (Å²) in [4.78, 5) is 0. The van der Waals surface area contributed by atoms with Crippen LogP contribution in [-0.4, -0.2) is 19.7 Å². The zero-order valence-corrected chi connectivity index (χ0v) is 10.6. The predicted molar refractivity (Wildman–Crippen MR) is 66.8 cm³/mol. The number of benzene rings is 1. The van der Waals surface area contributed by atoms with E-state index in [9.17, 15) is 8.78 Å². The van der Waals surface area contributed by atoms with Crippen molar-refractivity contribution >= 4 is 0 Å². The van der Waals surface area contributed by atoms with Crippen molar-refractivity contribution in [3.05, 3.63) is 29.3 Å². The molecule has 100 valence electrons. The van der Waals surface area contributed by atoms with Crippen LogP contribution in [0.4, 0.5) is 8.78 Å². The Morgan fingerprint density at radius 2 is 2.17 bits per heavy atom. The van der Waals surface area contributed by atoms with Gasteiger partial charge in [-0.15, -0.1) is 0 Å². The fourth-order valence-corrected chi connectivity index (χ4v) is 2.41. The van der Waals surface area contributed by atoms with Crippen molar-refractivity contribution in [3.63, 3.8) is 0 Å². The molecule has 18 heavy (non-hydrogen) atoms. The minimum absolute atomic E-state index is 0.000481. The summed E-state index contributed by atoms with van der Waals surface area (Å²) in [6.45, 7) is 3.99. The Labute approximate surface area is 106 Å². The fourth-order valence-electron chi connectivity index (χ4n) is 2.41. The quantitative estimate of drug-likeness (QED) is 0.893. The maximum atomic E-state index is 13.9. The average molecular weight is 255 g/mol. The summed E-state index contributed by atoms with van der Waals surface area (Å²) in [5.41, 5.74) is 0.449. The summed E-state index contributed by atoms with van der Waals surface area (Å²) in [6, 6.07) is 3.16. The Bertz CT molecular complexity index is 403. The maximum absolute atomic E-state index is 13.9. The number of hydrogen-bond donors (Lipinski definition) is 1. The van der Waals surface area contributed by atoms with Gasteiger partial charge in [0.1, 0.15) is 0 Å². The number of ether oxygens (including phenoxy) is 1. The third-order valence-corrected chi connectivity index (χ3v) is 3.33. The molecule has 2 nitrogen and oxygen atoms in total. The molecule has 0 amide bonds. The molecule has 0 saturated carbocycles. The molecule has 1 aromatic rings. The van der Waals surface area contributed by atoms with Gasteiger partial charge >= 0.3 is 0 Å². The van der Waals surface area contributed by atoms with E-state index >= 15 is 0 Å². The van der Waals surface area contributed by atoms with E-state index in [1.807, 2.05) is 0 Å². The van der Waals surface area contributed by atoms with Crippen LogP contribution < -0.4 is 10.1 Å². The van der Waals surface area contributed by atoms with Crippen LogP contribution in [0.25, 0.3) is 0 Å². The van der Waals surface area contributed by atoms with Gasteiger partial charge in [-0.2, -0.15) is 4.39 Å². The lowest BCUT2D eigenvalue weighted by molar-refractivity contribution is 0.311. The lowest BCUT2D eigenvalue weighted by Crippen LogP contribution is -2.31. The fraction of sp³-hybridized carbons (Fsp3) is 0.571. The second kappa shape index (κ2) is 6.14. The van der Waals surface area contributed by atoms with Crippen molar-refractivity contribution < 1.29 is 13.5 Å². The normalized spacial score (nSPS) is 19.8. The number of halogens is 2. The van der Waals surface area contributed by atoms with Gasteiger partial charge in [0.2, 0.25) is 5.82 Å². The van der Waals surface area contributed by atoms with Crippen LogP contribution in [0.1, 0.15) is 25.3 Å². The van der Waals surface area contributed by atoms with Gasteiger partial charge in [0.05, 0.1) is 6.61 Å². The van der Waals surface area contributed by atoms with E-state index in [-0.39, 0.29) is 5.75 Å². The van der Waals surface area contributed by atoms with Gasteiger partial charge in [-0.3, -0.25) is 0 Å². The minimum atomic E-state index is -0.863. The van der Waals surface area contributed by atoms with Gasteiger partial charge in [-0.1, -0.05) is 6.07 Å². The number of piperidine rings is 1. The van der Waals surface area contributed by atoms with Crippen molar-refractivity contribution in [2.75, 3.05) is 19.7 Å². The third kappa shape index (κ3) is 2.99. The largest absolute Gasteiger partial charge is 0.491 e. The molecule has 0 aliphatic carbocycles. The van der Waals surface area contributed by atoms with Crippen LogP contribution in [0.5, 0.6) is 5.75 Å². The molecule has 1 aromatic carbocycles. The highest BCUT2D eigenvalue weighted by Crippen LogP contribution is 2.25. The topological polar surface area (TPSA) is 21.3 Å². The molecule has 1 atom stereocenters. The van der Waals surface area contributed by atoms with Gasteiger partial charge in [-0.05, 0) is 56.8 Å². The Hall–Kier alpha value is -1.16. The van der Waals surface area contributed by atoms with Crippen LogP contribution >= 0.6 is 0 Å². The summed E-state index contributed by atoms with van der Waals surface area (Å²) in [5.74, 6) is -1.23. The zero-order chi connectivity index (χ0) is 13.0. The summed E-state index contributed by atoms with van der Waals surface area (Å²) < 4.78 is 32.6. The maximum Gasteiger partial charge on any atom is 0.200 e. The van der Waals surface area contributed by atoms with E-state index in [2.05, 4.69) is 5.32 Å². The predicted octanol–water partition coefficient (Wildman–Crippen LogP) is 2.91. The Morgan fingerprint density at radius 3 is 2.83 bits per heavy atom. The SMILES string of the molecule is CCOc1ccc(CC2CCCNC2)c(F)c1F. The molecule has 1 N–H and O–H groups in total. The zero-order valence-electron chi connectivity index (χ0n) is 10.6. The summed E-state index contributed by atoms with van der Waals surface area (Å²) in [5, 5.41) is 3.28. The van der Waals surface area contributed by atoms with E-state index in [1.54, 1.807) is 13.0 Å². The first kappa shape index (κ1) is 13.3. The second-order valence-electron chi connectivity index (χ2n) is 4.70. The Kier molecular flexibility index (Phi) is 4.53. The molecule has 0 spiro atoms. The molecule has 4 heteroatoms. The molecular weight excluding hydrogens is 236 g/mol. The average Bonchev–Trinajstić information content (AvgIpc) is 2.40. The van der Waals surface area contributed by atoms with E-state index < -0.39 is 11.6 Å². The van der Waals surface area contributed by atoms with Crippen molar-refractivity contribution in [1.29, 1.82) is 0 Å². The molecule has 1 aliphatic rings. The van der Waals surface area contributed by atoms with Gasteiger partial charge in [-0.25, -0.2) is 4.39 Å². The smallest absolute Gasteiger partial charge is 0.200 e. The van der Waals surface area contributed by atoms with E-state index in [0.717, 1.165) is 25.9 Å². The molecule has 1 fully saturated rings. The molecule has 0 radical (unpaired) electrons. The molecule has 2 rings (SSSR count). The Balaban J connectivity index is 2.10. The molecule has 1 heterocycles. The summed E-state index contributed by atoms with van der Waals surface area (Å²) in [7, 11) is 0. The summed E-state index contributed by atoms with van der Waals surface area (Å²) >= 11 is 0. The van der Waals surface area contributed by atoms with E-state index in [1.165, 1.54) is 6.07 Å². The number of rotatable bonds is 4. The summed E-state index contributed by atoms with van der Waals surface area (Å²) in [6.07, 6.45) is 2.76. The molecular formula is C14H19F2NO. The highest BCUT2D eigenvalue weighted by Gasteiger charge is 2.19. The molecule has 1 aliphatic heterocycles. The van der Waals surface area contributed by atoms with Crippen molar-refractivity contribution in [2.45, 2.75) is 26.2 Å². The third-order valence-electron chi connectivity index (χ3n) is 3.33.